The van der Waals surface area contributed by atoms with Crippen molar-refractivity contribution in [1.82, 2.24) is 0 Å². The molecule has 1 fully saturated rings. The molecular weight excluding hydrogens is 578 g/mol. The maximum atomic E-state index is 15.4. The second-order valence-corrected chi connectivity index (χ2v) is 18.6. The zero-order valence-corrected chi connectivity index (χ0v) is 28.9. The van der Waals surface area contributed by atoms with Gasteiger partial charge in [0.1, 0.15) is 11.9 Å². The average Bonchev–Trinajstić information content (AvgIpc) is 3.21. The van der Waals surface area contributed by atoms with Crippen LogP contribution >= 0.6 is 0 Å². The number of aliphatic carboxylic acids is 1. The first-order valence-corrected chi connectivity index (χ1v) is 18.9. The molecule has 0 spiro atoms. The van der Waals surface area contributed by atoms with Crippen LogP contribution in [0.4, 0.5) is 8.78 Å². The number of alkyl halides is 2. The summed E-state index contributed by atoms with van der Waals surface area (Å²) >= 11 is 0. The van der Waals surface area contributed by atoms with E-state index in [-0.39, 0.29) is 29.8 Å². The van der Waals surface area contributed by atoms with Crippen LogP contribution in [0, 0.1) is 23.7 Å². The molecule has 5 atom stereocenters. The summed E-state index contributed by atoms with van der Waals surface area (Å²) < 4.78 is 43.4. The third kappa shape index (κ3) is 11.2. The summed E-state index contributed by atoms with van der Waals surface area (Å²) in [4.78, 5) is 24.9. The van der Waals surface area contributed by atoms with Gasteiger partial charge in [-0.25, -0.2) is 0 Å². The van der Waals surface area contributed by atoms with Crippen LogP contribution in [0.1, 0.15) is 79.2 Å². The summed E-state index contributed by atoms with van der Waals surface area (Å²) in [5.41, 5.74) is 0.793. The Morgan fingerprint density at radius 3 is 2.34 bits per heavy atom. The summed E-state index contributed by atoms with van der Waals surface area (Å²) in [6, 6.07) is 9.22. The molecule has 1 aliphatic rings. The Labute approximate surface area is 264 Å². The van der Waals surface area contributed by atoms with Crippen molar-refractivity contribution >= 4 is 20.1 Å². The predicted molar refractivity (Wildman–Crippen MR) is 176 cm³/mol. The minimum absolute atomic E-state index is 0.0266. The molecule has 0 aliphatic heterocycles. The molecule has 2 rings (SSSR count). The Bertz CT molecular complexity index is 1140. The highest BCUT2D eigenvalue weighted by molar-refractivity contribution is 6.74. The van der Waals surface area contributed by atoms with E-state index >= 15 is 8.78 Å². The molecule has 0 radical (unpaired) electrons. The van der Waals surface area contributed by atoms with E-state index < -0.39 is 50.2 Å². The van der Waals surface area contributed by atoms with Gasteiger partial charge in [0, 0.05) is 18.3 Å². The molecule has 1 N–H and O–H groups in total. The maximum absolute atomic E-state index is 15.4. The lowest BCUT2D eigenvalue weighted by Crippen LogP contribution is -2.45. The van der Waals surface area contributed by atoms with Gasteiger partial charge in [0.05, 0.1) is 18.6 Å². The third-order valence-electron chi connectivity index (χ3n) is 9.02. The Balaban J connectivity index is 2.35. The fourth-order valence-corrected chi connectivity index (χ4v) is 6.57. The van der Waals surface area contributed by atoms with E-state index in [0.29, 0.717) is 25.7 Å². The van der Waals surface area contributed by atoms with E-state index in [1.54, 1.807) is 13.0 Å². The van der Waals surface area contributed by atoms with Crippen molar-refractivity contribution in [3.63, 3.8) is 0 Å². The molecule has 1 aromatic carbocycles. The topological polar surface area (TPSA) is 72.8 Å². The number of carbonyl (C=O) groups excluding carboxylic acids is 1. The van der Waals surface area contributed by atoms with Crippen LogP contribution in [0.25, 0.3) is 0 Å². The van der Waals surface area contributed by atoms with Crippen LogP contribution in [0.5, 0.6) is 0 Å². The highest BCUT2D eigenvalue weighted by atomic mass is 28.4. The Morgan fingerprint density at radius 2 is 1.77 bits per heavy atom. The van der Waals surface area contributed by atoms with Gasteiger partial charge in [0.25, 0.3) is 5.92 Å². The molecule has 0 aromatic heterocycles. The number of ketones is 1. The van der Waals surface area contributed by atoms with Crippen LogP contribution in [0.2, 0.25) is 18.1 Å². The number of carboxylic acid groups (broad SMARTS) is 1. The van der Waals surface area contributed by atoms with E-state index in [9.17, 15) is 14.7 Å². The zero-order valence-electron chi connectivity index (χ0n) is 27.9. The lowest BCUT2D eigenvalue weighted by atomic mass is 9.89. The van der Waals surface area contributed by atoms with Crippen molar-refractivity contribution in [2.75, 3.05) is 0 Å². The van der Waals surface area contributed by atoms with E-state index in [2.05, 4.69) is 33.9 Å². The largest absolute Gasteiger partial charge is 0.481 e. The molecule has 0 amide bonds. The normalized spacial score (nSPS) is 21.7. The number of hydrogen-bond donors (Lipinski definition) is 1. The molecule has 2 unspecified atom stereocenters. The molecule has 0 bridgehead atoms. The van der Waals surface area contributed by atoms with E-state index in [0.717, 1.165) is 11.6 Å². The van der Waals surface area contributed by atoms with Crippen molar-refractivity contribution < 1.29 is 32.6 Å². The summed E-state index contributed by atoms with van der Waals surface area (Å²) in [7, 11) is -2.27. The van der Waals surface area contributed by atoms with Crippen LogP contribution in [-0.4, -0.2) is 43.3 Å². The summed E-state index contributed by atoms with van der Waals surface area (Å²) in [5.74, 6) is -5.20. The Kier molecular flexibility index (Phi) is 14.4. The molecule has 246 valence electrons. The molecule has 0 saturated heterocycles. The van der Waals surface area contributed by atoms with Crippen molar-refractivity contribution in [2.24, 2.45) is 23.7 Å². The second kappa shape index (κ2) is 16.8. The molecule has 1 aliphatic carbocycles. The number of Topliss-reactive ketones (excluding diaryl/α,β-unsaturated/α-hetero) is 1. The minimum atomic E-state index is -3.24. The number of carboxylic acids is 1. The lowest BCUT2D eigenvalue weighted by molar-refractivity contribution is -0.143. The van der Waals surface area contributed by atoms with Gasteiger partial charge < -0.3 is 14.3 Å². The molecule has 5 nitrogen and oxygen atoms in total. The number of benzene rings is 1. The summed E-state index contributed by atoms with van der Waals surface area (Å²) in [5, 5.41) is 9.39. The molecule has 44 heavy (non-hydrogen) atoms. The van der Waals surface area contributed by atoms with Gasteiger partial charge >= 0.3 is 5.97 Å². The van der Waals surface area contributed by atoms with Gasteiger partial charge in [-0.05, 0) is 61.4 Å². The maximum Gasteiger partial charge on any atom is 0.306 e. The minimum Gasteiger partial charge on any atom is -0.481 e. The highest BCUT2D eigenvalue weighted by Gasteiger charge is 2.47. The lowest BCUT2D eigenvalue weighted by Gasteiger charge is -2.39. The van der Waals surface area contributed by atoms with Crippen molar-refractivity contribution in [2.45, 2.75) is 117 Å². The Morgan fingerprint density at radius 1 is 1.11 bits per heavy atom. The first-order chi connectivity index (χ1) is 20.5. The summed E-state index contributed by atoms with van der Waals surface area (Å²) in [6.45, 7) is 16.3. The molecule has 0 heterocycles. The summed E-state index contributed by atoms with van der Waals surface area (Å²) in [6.07, 6.45) is 9.67. The Hall–Kier alpha value is -2.42. The van der Waals surface area contributed by atoms with Crippen molar-refractivity contribution in [3.05, 3.63) is 72.4 Å². The number of halogens is 2. The van der Waals surface area contributed by atoms with Gasteiger partial charge in [-0.15, -0.1) is 0 Å². The SMILES string of the molecule is CCC=CC(F)(F)C(C=C[C@H]1[C@H](O[Si](C)(C)C(C)(C)C)CC(=O)[C@@H]1CC=CCCC(C(=O)O)C(C)C)OCc1ccccc1. The van der Waals surface area contributed by atoms with Crippen LogP contribution in [0.3, 0.4) is 0 Å². The average molecular weight is 633 g/mol. The number of rotatable bonds is 17. The van der Waals surface area contributed by atoms with Crippen LogP contribution in [-0.2, 0) is 25.4 Å². The quantitative estimate of drug-likeness (QED) is 0.137. The van der Waals surface area contributed by atoms with Gasteiger partial charge in [-0.1, -0.05) is 102 Å². The van der Waals surface area contributed by atoms with Gasteiger partial charge in [0.15, 0.2) is 8.32 Å². The van der Waals surface area contributed by atoms with E-state index in [1.807, 2.05) is 56.3 Å². The highest BCUT2D eigenvalue weighted by Crippen LogP contribution is 2.43. The third-order valence-corrected chi connectivity index (χ3v) is 13.5. The second-order valence-electron chi connectivity index (χ2n) is 13.8. The number of allylic oxidation sites excluding steroid dienone is 3. The first kappa shape index (κ1) is 37.8. The van der Waals surface area contributed by atoms with E-state index in [4.69, 9.17) is 9.16 Å². The molecule has 1 aromatic rings. The van der Waals surface area contributed by atoms with Crippen LogP contribution < -0.4 is 0 Å². The first-order valence-electron chi connectivity index (χ1n) is 16.0. The molecule has 1 saturated carbocycles. The number of carbonyl (C=O) groups is 2. The van der Waals surface area contributed by atoms with Gasteiger partial charge in [0.2, 0.25) is 0 Å². The standard InChI is InChI=1S/C36H54F2O5Si/c1-9-10-23-36(37,38)33(42-25-27-17-13-11-14-18-27)22-21-30-29(20-16-12-15-19-28(26(2)3)34(40)41)31(39)24-32(30)43-44(7,8)35(4,5)6/h10-14,16-18,21-23,26,28-30,32-33H,9,15,19-20,24-25H2,1-8H3,(H,40,41)/t28?,29-,30-,32-,33?/m1/s1. The van der Waals surface area contributed by atoms with Gasteiger partial charge in [-0.2, -0.15) is 8.78 Å². The van der Waals surface area contributed by atoms with Crippen molar-refractivity contribution in [3.8, 4) is 0 Å². The van der Waals surface area contributed by atoms with E-state index in [1.165, 1.54) is 12.2 Å². The monoisotopic (exact) mass is 632 g/mol. The van der Waals surface area contributed by atoms with Gasteiger partial charge in [-0.3, -0.25) is 9.59 Å². The number of hydrogen-bond acceptors (Lipinski definition) is 4. The number of ether oxygens (including phenoxy) is 1. The smallest absolute Gasteiger partial charge is 0.306 e. The zero-order chi connectivity index (χ0) is 33.1. The molecule has 8 heteroatoms. The fourth-order valence-electron chi connectivity index (χ4n) is 5.21. The van der Waals surface area contributed by atoms with Crippen LogP contribution in [0.15, 0.2) is 66.8 Å². The fraction of sp³-hybridized carbons (Fsp3) is 0.611. The molecular formula is C36H54F2O5Si. The predicted octanol–water partition coefficient (Wildman–Crippen LogP) is 9.41. The van der Waals surface area contributed by atoms with Crippen molar-refractivity contribution in [1.29, 1.82) is 0 Å².